The molecule has 0 atom stereocenters. The minimum atomic E-state index is -4.00. The predicted octanol–water partition coefficient (Wildman–Crippen LogP) is 1.13. The number of nitrogens with zero attached hydrogens (tertiary/aromatic N) is 6. The first-order valence-electron chi connectivity index (χ1n) is 7.94. The summed E-state index contributed by atoms with van der Waals surface area (Å²) in [5.41, 5.74) is 4.33. The molecule has 0 aliphatic heterocycles. The van der Waals surface area contributed by atoms with E-state index < -0.39 is 10.0 Å². The molecule has 0 spiro atoms. The number of aryl methyl sites for hydroxylation is 4. The maximum absolute atomic E-state index is 12.6. The van der Waals surface area contributed by atoms with Crippen LogP contribution < -0.4 is 4.72 Å². The van der Waals surface area contributed by atoms with Crippen LogP contribution in [-0.4, -0.2) is 38.0 Å². The first kappa shape index (κ1) is 15.9. The van der Waals surface area contributed by atoms with Gasteiger partial charge in [0.15, 0.2) is 0 Å². The van der Waals surface area contributed by atoms with Crippen molar-refractivity contribution in [1.29, 1.82) is 0 Å². The number of rotatable bonds is 3. The summed E-state index contributed by atoms with van der Waals surface area (Å²) in [6.45, 7) is 5.45. The number of aromatic nitrogens is 6. The number of hydrogen-bond donors (Lipinski definition) is 1. The standard InChI is InChI=1S/C15H17N7O2S/c1-8-7-9(2)17-13(16-8)21-25(23,24)15-19-14-18-10(3)11-5-4-6-12(11)22(14)20-15/h7H,4-6H2,1-3H3,(H,16,17,21). The zero-order valence-electron chi connectivity index (χ0n) is 14.1. The summed E-state index contributed by atoms with van der Waals surface area (Å²) in [6.07, 6.45) is 2.78. The van der Waals surface area contributed by atoms with Gasteiger partial charge in [-0.15, -0.1) is 5.10 Å². The Morgan fingerprint density at radius 2 is 1.76 bits per heavy atom. The smallest absolute Gasteiger partial charge is 0.244 e. The highest BCUT2D eigenvalue weighted by Crippen LogP contribution is 2.25. The summed E-state index contributed by atoms with van der Waals surface area (Å²) >= 11 is 0. The second-order valence-electron chi connectivity index (χ2n) is 6.16. The van der Waals surface area contributed by atoms with E-state index in [-0.39, 0.29) is 11.1 Å². The molecule has 25 heavy (non-hydrogen) atoms. The average Bonchev–Trinajstić information content (AvgIpc) is 3.11. The highest BCUT2D eigenvalue weighted by atomic mass is 32.2. The zero-order chi connectivity index (χ0) is 17.8. The Morgan fingerprint density at radius 3 is 2.48 bits per heavy atom. The van der Waals surface area contributed by atoms with Crippen LogP contribution in [0.5, 0.6) is 0 Å². The quantitative estimate of drug-likeness (QED) is 0.745. The van der Waals surface area contributed by atoms with Gasteiger partial charge < -0.3 is 0 Å². The summed E-state index contributed by atoms with van der Waals surface area (Å²) in [4.78, 5) is 16.7. The third-order valence-electron chi connectivity index (χ3n) is 4.17. The van der Waals surface area contributed by atoms with E-state index >= 15 is 0 Å². The van der Waals surface area contributed by atoms with Crippen LogP contribution in [0.15, 0.2) is 11.2 Å². The molecule has 3 aromatic rings. The van der Waals surface area contributed by atoms with Gasteiger partial charge in [-0.1, -0.05) is 0 Å². The summed E-state index contributed by atoms with van der Waals surface area (Å²) in [5.74, 6) is 0.297. The monoisotopic (exact) mass is 359 g/mol. The van der Waals surface area contributed by atoms with Crippen molar-refractivity contribution in [3.63, 3.8) is 0 Å². The van der Waals surface area contributed by atoms with Gasteiger partial charge >= 0.3 is 10.0 Å². The summed E-state index contributed by atoms with van der Waals surface area (Å²) < 4.78 is 29.1. The normalized spacial score (nSPS) is 14.0. The second-order valence-corrected chi connectivity index (χ2v) is 7.74. The topological polar surface area (TPSA) is 115 Å². The van der Waals surface area contributed by atoms with Crippen LogP contribution in [0.25, 0.3) is 5.78 Å². The fourth-order valence-electron chi connectivity index (χ4n) is 3.16. The van der Waals surface area contributed by atoms with Gasteiger partial charge in [0.25, 0.3) is 10.9 Å². The van der Waals surface area contributed by atoms with Gasteiger partial charge in [0.1, 0.15) is 0 Å². The molecule has 0 aromatic carbocycles. The lowest BCUT2D eigenvalue weighted by Crippen LogP contribution is -2.17. The van der Waals surface area contributed by atoms with E-state index in [9.17, 15) is 8.42 Å². The first-order valence-corrected chi connectivity index (χ1v) is 9.42. The number of hydrogen-bond acceptors (Lipinski definition) is 7. The van der Waals surface area contributed by atoms with E-state index in [0.29, 0.717) is 17.2 Å². The van der Waals surface area contributed by atoms with Crippen LogP contribution in [0.3, 0.4) is 0 Å². The Labute approximate surface area is 144 Å². The lowest BCUT2D eigenvalue weighted by atomic mass is 10.2. The van der Waals surface area contributed by atoms with Crippen molar-refractivity contribution in [2.24, 2.45) is 0 Å². The molecule has 0 fully saturated rings. The molecule has 1 aliphatic carbocycles. The fraction of sp³-hybridized carbons (Fsp3) is 0.400. The van der Waals surface area contributed by atoms with Crippen molar-refractivity contribution in [3.05, 3.63) is 34.4 Å². The summed E-state index contributed by atoms with van der Waals surface area (Å²) in [6, 6.07) is 1.76. The van der Waals surface area contributed by atoms with Crippen LogP contribution in [0, 0.1) is 20.8 Å². The Hall–Kier alpha value is -2.62. The van der Waals surface area contributed by atoms with Crippen molar-refractivity contribution in [3.8, 4) is 0 Å². The lowest BCUT2D eigenvalue weighted by molar-refractivity contribution is 0.591. The largest absolute Gasteiger partial charge is 0.301 e. The molecule has 1 aliphatic rings. The number of fused-ring (bicyclic) bond motifs is 3. The minimum absolute atomic E-state index is 0.00530. The van der Waals surface area contributed by atoms with E-state index in [4.69, 9.17) is 0 Å². The lowest BCUT2D eigenvalue weighted by Gasteiger charge is -2.05. The molecule has 0 bridgehead atoms. The van der Waals surface area contributed by atoms with Crippen LogP contribution in [-0.2, 0) is 22.9 Å². The highest BCUT2D eigenvalue weighted by molar-refractivity contribution is 7.92. The summed E-state index contributed by atoms with van der Waals surface area (Å²) in [5, 5.41) is 3.84. The Kier molecular flexibility index (Phi) is 3.46. The molecular weight excluding hydrogens is 342 g/mol. The van der Waals surface area contributed by atoms with Gasteiger partial charge in [0.2, 0.25) is 5.95 Å². The zero-order valence-corrected chi connectivity index (χ0v) is 14.9. The van der Waals surface area contributed by atoms with Crippen LogP contribution in [0.4, 0.5) is 5.95 Å². The van der Waals surface area contributed by atoms with Gasteiger partial charge in [0.05, 0.1) is 5.69 Å². The maximum Gasteiger partial charge on any atom is 0.301 e. The SMILES string of the molecule is Cc1cc(C)nc(NS(=O)(=O)c2nc3nc(C)c4c(n3n2)CCC4)n1. The number of nitrogens with one attached hydrogen (secondary N) is 1. The van der Waals surface area contributed by atoms with Crippen LogP contribution >= 0.6 is 0 Å². The third kappa shape index (κ3) is 2.72. The van der Waals surface area contributed by atoms with Crippen molar-refractivity contribution in [2.45, 2.75) is 45.2 Å². The van der Waals surface area contributed by atoms with Crippen LogP contribution in [0.1, 0.15) is 34.8 Å². The molecule has 3 aromatic heterocycles. The molecule has 10 heteroatoms. The number of anilines is 1. The van der Waals surface area contributed by atoms with E-state index in [1.165, 1.54) is 4.52 Å². The molecule has 130 valence electrons. The molecule has 0 amide bonds. The Morgan fingerprint density at radius 1 is 1.04 bits per heavy atom. The molecule has 0 saturated carbocycles. The van der Waals surface area contributed by atoms with Crippen LogP contribution in [0.2, 0.25) is 0 Å². The van der Waals surface area contributed by atoms with Crippen molar-refractivity contribution in [2.75, 3.05) is 4.72 Å². The van der Waals surface area contributed by atoms with Crippen molar-refractivity contribution < 1.29 is 8.42 Å². The average molecular weight is 359 g/mol. The molecule has 1 N–H and O–H groups in total. The van der Waals surface area contributed by atoms with E-state index in [2.05, 4.69) is 29.8 Å². The Balaban J connectivity index is 1.78. The highest BCUT2D eigenvalue weighted by Gasteiger charge is 2.26. The van der Waals surface area contributed by atoms with Gasteiger partial charge in [-0.2, -0.15) is 17.9 Å². The van der Waals surface area contributed by atoms with Crippen molar-refractivity contribution >= 4 is 21.7 Å². The molecule has 0 saturated heterocycles. The second kappa shape index (κ2) is 5.45. The van der Waals surface area contributed by atoms with Gasteiger partial charge in [-0.3, -0.25) is 0 Å². The van der Waals surface area contributed by atoms with E-state index in [1.54, 1.807) is 19.9 Å². The molecule has 0 radical (unpaired) electrons. The van der Waals surface area contributed by atoms with Gasteiger partial charge in [-0.05, 0) is 51.7 Å². The predicted molar refractivity (Wildman–Crippen MR) is 89.9 cm³/mol. The molecule has 4 rings (SSSR count). The molecule has 0 unspecified atom stereocenters. The minimum Gasteiger partial charge on any atom is -0.244 e. The van der Waals surface area contributed by atoms with E-state index in [0.717, 1.165) is 36.2 Å². The molecular formula is C15H17N7O2S. The Bertz CT molecular complexity index is 1080. The van der Waals surface area contributed by atoms with Gasteiger partial charge in [-0.25, -0.2) is 19.7 Å². The number of sulfonamides is 1. The fourth-order valence-corrected chi connectivity index (χ4v) is 3.97. The van der Waals surface area contributed by atoms with Gasteiger partial charge in [0, 0.05) is 17.1 Å². The molecule has 9 nitrogen and oxygen atoms in total. The summed E-state index contributed by atoms with van der Waals surface area (Å²) in [7, 11) is -4.00. The van der Waals surface area contributed by atoms with E-state index in [1.807, 2.05) is 6.92 Å². The van der Waals surface area contributed by atoms with Crippen molar-refractivity contribution in [1.82, 2.24) is 29.5 Å². The maximum atomic E-state index is 12.6. The molecule has 3 heterocycles. The first-order chi connectivity index (χ1) is 11.8. The third-order valence-corrected chi connectivity index (χ3v) is 5.27.